The molecular weight excluding hydrogens is 260 g/mol. The third-order valence-corrected chi connectivity index (χ3v) is 3.74. The van der Waals surface area contributed by atoms with Crippen LogP contribution in [0.4, 0.5) is 0 Å². The zero-order valence-electron chi connectivity index (χ0n) is 10.8. The number of carboxylic acid groups (broad SMARTS) is 1. The van der Waals surface area contributed by atoms with Gasteiger partial charge < -0.3 is 9.84 Å². The fourth-order valence-corrected chi connectivity index (χ4v) is 2.59. The summed E-state index contributed by atoms with van der Waals surface area (Å²) >= 11 is 1.22. The summed E-state index contributed by atoms with van der Waals surface area (Å²) in [5, 5.41) is 10.8. The van der Waals surface area contributed by atoms with Crippen molar-refractivity contribution in [2.45, 2.75) is 26.4 Å². The minimum Gasteiger partial charge on any atom is -0.489 e. The van der Waals surface area contributed by atoms with Gasteiger partial charge in [0.2, 0.25) is 0 Å². The Morgan fingerprint density at radius 2 is 2.00 bits per heavy atom. The van der Waals surface area contributed by atoms with E-state index >= 15 is 0 Å². The first-order valence-corrected chi connectivity index (χ1v) is 7.10. The van der Waals surface area contributed by atoms with E-state index in [2.05, 4.69) is 6.92 Å². The molecule has 1 aromatic heterocycles. The summed E-state index contributed by atoms with van der Waals surface area (Å²) in [4.78, 5) is 11.3. The number of thiophene rings is 1. The van der Waals surface area contributed by atoms with Crippen LogP contribution in [-0.4, -0.2) is 11.1 Å². The highest BCUT2D eigenvalue weighted by Gasteiger charge is 2.11. The Labute approximate surface area is 116 Å². The van der Waals surface area contributed by atoms with E-state index in [4.69, 9.17) is 9.84 Å². The van der Waals surface area contributed by atoms with Crippen LogP contribution in [0.3, 0.4) is 0 Å². The van der Waals surface area contributed by atoms with Crippen molar-refractivity contribution in [3.05, 3.63) is 51.7 Å². The summed E-state index contributed by atoms with van der Waals surface area (Å²) in [6.45, 7) is 2.44. The zero-order valence-corrected chi connectivity index (χ0v) is 11.6. The van der Waals surface area contributed by atoms with Gasteiger partial charge in [-0.3, -0.25) is 0 Å². The van der Waals surface area contributed by atoms with Crippen LogP contribution in [0.15, 0.2) is 35.7 Å². The van der Waals surface area contributed by atoms with E-state index in [0.29, 0.717) is 4.88 Å². The van der Waals surface area contributed by atoms with Crippen LogP contribution in [0.1, 0.15) is 34.1 Å². The molecule has 0 aliphatic rings. The Hall–Kier alpha value is -1.81. The number of aromatic carboxylic acids is 1. The van der Waals surface area contributed by atoms with Crippen molar-refractivity contribution in [3.8, 4) is 5.75 Å². The molecule has 1 aromatic carbocycles. The zero-order chi connectivity index (χ0) is 13.7. The lowest BCUT2D eigenvalue weighted by atomic mass is 10.1. The molecule has 0 unspecified atom stereocenters. The lowest BCUT2D eigenvalue weighted by Gasteiger charge is -2.07. The third-order valence-electron chi connectivity index (χ3n) is 2.80. The number of benzene rings is 1. The van der Waals surface area contributed by atoms with Crippen LogP contribution >= 0.6 is 11.3 Å². The van der Waals surface area contributed by atoms with Gasteiger partial charge in [-0.15, -0.1) is 11.3 Å². The molecule has 2 aromatic rings. The average Bonchev–Trinajstić information content (AvgIpc) is 2.87. The fourth-order valence-electron chi connectivity index (χ4n) is 1.84. The molecule has 0 amide bonds. The molecule has 1 N–H and O–H groups in total. The lowest BCUT2D eigenvalue weighted by molar-refractivity contribution is 0.0699. The number of hydrogen-bond donors (Lipinski definition) is 1. The smallest absolute Gasteiger partial charge is 0.346 e. The molecule has 0 fully saturated rings. The number of carboxylic acids is 1. The minimum atomic E-state index is -0.896. The summed E-state index contributed by atoms with van der Waals surface area (Å²) in [6, 6.07) is 9.74. The van der Waals surface area contributed by atoms with Crippen LogP contribution in [-0.2, 0) is 13.0 Å². The molecule has 0 saturated heterocycles. The van der Waals surface area contributed by atoms with Gasteiger partial charge in [0, 0.05) is 5.56 Å². The highest BCUT2D eigenvalue weighted by atomic mass is 32.1. The molecular formula is C15H16O3S. The summed E-state index contributed by atoms with van der Waals surface area (Å²) in [5.41, 5.74) is 2.01. The topological polar surface area (TPSA) is 46.5 Å². The normalized spacial score (nSPS) is 10.4. The molecule has 100 valence electrons. The van der Waals surface area contributed by atoms with Gasteiger partial charge in [0.25, 0.3) is 0 Å². The number of rotatable bonds is 6. The molecule has 0 radical (unpaired) electrons. The SMILES string of the molecule is CCCc1ccc(OCc2ccsc2C(=O)O)cc1. The molecule has 3 nitrogen and oxygen atoms in total. The van der Waals surface area contributed by atoms with E-state index in [1.165, 1.54) is 16.9 Å². The monoisotopic (exact) mass is 276 g/mol. The molecule has 0 aliphatic heterocycles. The Morgan fingerprint density at radius 3 is 2.63 bits per heavy atom. The third kappa shape index (κ3) is 3.58. The molecule has 0 bridgehead atoms. The van der Waals surface area contributed by atoms with Gasteiger partial charge in [0.05, 0.1) is 0 Å². The summed E-state index contributed by atoms with van der Waals surface area (Å²) in [5.74, 6) is -0.130. The quantitative estimate of drug-likeness (QED) is 0.868. The van der Waals surface area contributed by atoms with Gasteiger partial charge in [-0.1, -0.05) is 25.5 Å². The molecule has 19 heavy (non-hydrogen) atoms. The van der Waals surface area contributed by atoms with E-state index in [0.717, 1.165) is 24.2 Å². The van der Waals surface area contributed by atoms with Crippen molar-refractivity contribution >= 4 is 17.3 Å². The van der Waals surface area contributed by atoms with E-state index < -0.39 is 5.97 Å². The van der Waals surface area contributed by atoms with E-state index in [9.17, 15) is 4.79 Å². The van der Waals surface area contributed by atoms with Crippen molar-refractivity contribution < 1.29 is 14.6 Å². The maximum absolute atomic E-state index is 11.0. The van der Waals surface area contributed by atoms with Crippen molar-refractivity contribution in [3.63, 3.8) is 0 Å². The van der Waals surface area contributed by atoms with Crippen LogP contribution in [0, 0.1) is 0 Å². The molecule has 4 heteroatoms. The van der Waals surface area contributed by atoms with Crippen LogP contribution in [0.2, 0.25) is 0 Å². The first-order valence-electron chi connectivity index (χ1n) is 6.22. The highest BCUT2D eigenvalue weighted by Crippen LogP contribution is 2.20. The first-order chi connectivity index (χ1) is 9.20. The number of aryl methyl sites for hydroxylation is 1. The van der Waals surface area contributed by atoms with Crippen molar-refractivity contribution in [1.29, 1.82) is 0 Å². The van der Waals surface area contributed by atoms with Crippen LogP contribution < -0.4 is 4.74 Å². The molecule has 0 aliphatic carbocycles. The van der Waals surface area contributed by atoms with Crippen molar-refractivity contribution in [1.82, 2.24) is 0 Å². The molecule has 1 heterocycles. The maximum atomic E-state index is 11.0. The molecule has 2 rings (SSSR count). The Kier molecular flexibility index (Phi) is 4.58. The molecule has 0 atom stereocenters. The second-order valence-corrected chi connectivity index (χ2v) is 5.18. The highest BCUT2D eigenvalue weighted by molar-refractivity contribution is 7.12. The largest absolute Gasteiger partial charge is 0.489 e. The first kappa shape index (κ1) is 13.6. The number of carbonyl (C=O) groups is 1. The summed E-state index contributed by atoms with van der Waals surface area (Å²) in [6.07, 6.45) is 2.19. The summed E-state index contributed by atoms with van der Waals surface area (Å²) in [7, 11) is 0. The fraction of sp³-hybridized carbons (Fsp3) is 0.267. The standard InChI is InChI=1S/C15H16O3S/c1-2-3-11-4-6-13(7-5-11)18-10-12-8-9-19-14(12)15(16)17/h4-9H,2-3,10H2,1H3,(H,16,17). The van der Waals surface area contributed by atoms with E-state index in [-0.39, 0.29) is 6.61 Å². The minimum absolute atomic E-state index is 0.290. The molecule has 0 spiro atoms. The van der Waals surface area contributed by atoms with Gasteiger partial charge in [-0.05, 0) is 35.6 Å². The number of hydrogen-bond acceptors (Lipinski definition) is 3. The average molecular weight is 276 g/mol. The lowest BCUT2D eigenvalue weighted by Crippen LogP contribution is -2.01. The maximum Gasteiger partial charge on any atom is 0.346 e. The van der Waals surface area contributed by atoms with Crippen molar-refractivity contribution in [2.75, 3.05) is 0 Å². The van der Waals surface area contributed by atoms with E-state index in [1.807, 2.05) is 24.3 Å². The Morgan fingerprint density at radius 1 is 1.26 bits per heavy atom. The van der Waals surface area contributed by atoms with Gasteiger partial charge in [0.1, 0.15) is 17.2 Å². The number of ether oxygens (including phenoxy) is 1. The van der Waals surface area contributed by atoms with Crippen LogP contribution in [0.5, 0.6) is 5.75 Å². The van der Waals surface area contributed by atoms with Gasteiger partial charge in [-0.2, -0.15) is 0 Å². The van der Waals surface area contributed by atoms with Crippen LogP contribution in [0.25, 0.3) is 0 Å². The van der Waals surface area contributed by atoms with E-state index in [1.54, 1.807) is 11.4 Å². The van der Waals surface area contributed by atoms with Gasteiger partial charge in [-0.25, -0.2) is 4.79 Å². The van der Waals surface area contributed by atoms with Gasteiger partial charge >= 0.3 is 5.97 Å². The predicted molar refractivity (Wildman–Crippen MR) is 76.0 cm³/mol. The second-order valence-electron chi connectivity index (χ2n) is 4.26. The molecule has 0 saturated carbocycles. The predicted octanol–water partition coefficient (Wildman–Crippen LogP) is 3.98. The Balaban J connectivity index is 1.98. The van der Waals surface area contributed by atoms with Gasteiger partial charge in [0.15, 0.2) is 0 Å². The summed E-state index contributed by atoms with van der Waals surface area (Å²) < 4.78 is 5.62. The van der Waals surface area contributed by atoms with Crippen molar-refractivity contribution in [2.24, 2.45) is 0 Å². The Bertz CT molecular complexity index is 543. The second kappa shape index (κ2) is 6.38.